The van der Waals surface area contributed by atoms with Crippen molar-refractivity contribution in [1.29, 1.82) is 0 Å². The van der Waals surface area contributed by atoms with E-state index >= 15 is 0 Å². The van der Waals surface area contributed by atoms with E-state index in [1.807, 2.05) is 18.2 Å². The first-order valence-electron chi connectivity index (χ1n) is 6.54. The Morgan fingerprint density at radius 1 is 1.33 bits per heavy atom. The summed E-state index contributed by atoms with van der Waals surface area (Å²) in [6, 6.07) is 9.75. The van der Waals surface area contributed by atoms with Gasteiger partial charge in [0.1, 0.15) is 6.10 Å². The summed E-state index contributed by atoms with van der Waals surface area (Å²) < 4.78 is 5.58. The second-order valence-corrected chi connectivity index (χ2v) is 4.98. The minimum absolute atomic E-state index is 0.0441. The molecule has 3 rings (SSSR count). The summed E-state index contributed by atoms with van der Waals surface area (Å²) in [6.07, 6.45) is 0.994. The van der Waals surface area contributed by atoms with Crippen molar-refractivity contribution in [3.8, 4) is 0 Å². The van der Waals surface area contributed by atoms with Crippen LogP contribution in [-0.4, -0.2) is 49.2 Å². The highest BCUT2D eigenvalue weighted by Gasteiger charge is 2.35. The van der Waals surface area contributed by atoms with Gasteiger partial charge in [0.05, 0.1) is 5.56 Å². The number of ether oxygens (including phenoxy) is 1. The van der Waals surface area contributed by atoms with Crippen LogP contribution in [0.2, 0.25) is 0 Å². The maximum atomic E-state index is 11.9. The number of piperazine rings is 1. The second kappa shape index (κ2) is 5.08. The maximum absolute atomic E-state index is 11.9. The molecular formula is C14H18N2O2. The van der Waals surface area contributed by atoms with Gasteiger partial charge in [0.25, 0.3) is 0 Å². The summed E-state index contributed by atoms with van der Waals surface area (Å²) >= 11 is 0. The van der Waals surface area contributed by atoms with Crippen molar-refractivity contribution in [1.82, 2.24) is 10.2 Å². The van der Waals surface area contributed by atoms with Crippen molar-refractivity contribution >= 4 is 5.97 Å². The molecule has 0 amide bonds. The standard InChI is InChI=1S/C14H18N2O2/c17-14(11-4-2-1-3-5-11)18-13-8-12-9-15-6-7-16(12)10-13/h1-5,12-13,15H,6-10H2. The fourth-order valence-corrected chi connectivity index (χ4v) is 2.79. The number of esters is 1. The summed E-state index contributed by atoms with van der Waals surface area (Å²) in [5.74, 6) is -0.201. The van der Waals surface area contributed by atoms with Gasteiger partial charge in [-0.3, -0.25) is 4.90 Å². The summed E-state index contributed by atoms with van der Waals surface area (Å²) in [6.45, 7) is 3.99. The van der Waals surface area contributed by atoms with Crippen LogP contribution in [-0.2, 0) is 4.74 Å². The molecule has 1 aromatic rings. The minimum Gasteiger partial charge on any atom is -0.457 e. The predicted molar refractivity (Wildman–Crippen MR) is 68.5 cm³/mol. The van der Waals surface area contributed by atoms with Gasteiger partial charge in [0, 0.05) is 38.6 Å². The zero-order valence-corrected chi connectivity index (χ0v) is 10.3. The maximum Gasteiger partial charge on any atom is 0.338 e. The average molecular weight is 246 g/mol. The van der Waals surface area contributed by atoms with Crippen molar-refractivity contribution in [2.45, 2.75) is 18.6 Å². The number of rotatable bonds is 2. The molecule has 4 nitrogen and oxygen atoms in total. The van der Waals surface area contributed by atoms with Gasteiger partial charge in [-0.05, 0) is 12.1 Å². The topological polar surface area (TPSA) is 41.6 Å². The molecule has 2 unspecified atom stereocenters. The van der Waals surface area contributed by atoms with Crippen molar-refractivity contribution in [3.63, 3.8) is 0 Å². The first-order chi connectivity index (χ1) is 8.83. The number of hydrogen-bond donors (Lipinski definition) is 1. The van der Waals surface area contributed by atoms with Crippen LogP contribution in [0.5, 0.6) is 0 Å². The summed E-state index contributed by atoms with van der Waals surface area (Å²) in [7, 11) is 0. The highest BCUT2D eigenvalue weighted by atomic mass is 16.5. The Hall–Kier alpha value is -1.39. The molecule has 18 heavy (non-hydrogen) atoms. The SMILES string of the molecule is O=C(OC1CC2CNCCN2C1)c1ccccc1. The molecule has 96 valence electrons. The number of benzene rings is 1. The van der Waals surface area contributed by atoms with Crippen LogP contribution in [0.3, 0.4) is 0 Å². The number of nitrogens with one attached hydrogen (secondary N) is 1. The van der Waals surface area contributed by atoms with Crippen LogP contribution in [0.4, 0.5) is 0 Å². The molecule has 2 fully saturated rings. The van der Waals surface area contributed by atoms with E-state index in [4.69, 9.17) is 4.74 Å². The van der Waals surface area contributed by atoms with E-state index in [1.54, 1.807) is 12.1 Å². The average Bonchev–Trinajstić information content (AvgIpc) is 2.82. The first kappa shape index (κ1) is 11.7. The Labute approximate surface area is 107 Å². The number of carbonyl (C=O) groups is 1. The third kappa shape index (κ3) is 2.40. The van der Waals surface area contributed by atoms with E-state index in [0.717, 1.165) is 32.6 Å². The molecule has 0 bridgehead atoms. The third-order valence-corrected chi connectivity index (χ3v) is 3.73. The van der Waals surface area contributed by atoms with E-state index in [2.05, 4.69) is 10.2 Å². The molecule has 4 heteroatoms. The van der Waals surface area contributed by atoms with Gasteiger partial charge in [-0.15, -0.1) is 0 Å². The lowest BCUT2D eigenvalue weighted by Crippen LogP contribution is -2.47. The quantitative estimate of drug-likeness (QED) is 0.787. The monoisotopic (exact) mass is 246 g/mol. The number of fused-ring (bicyclic) bond motifs is 1. The van der Waals surface area contributed by atoms with Crippen molar-refractivity contribution in [3.05, 3.63) is 35.9 Å². The Morgan fingerprint density at radius 3 is 2.94 bits per heavy atom. The normalized spacial score (nSPS) is 27.8. The fourth-order valence-electron chi connectivity index (χ4n) is 2.79. The Kier molecular flexibility index (Phi) is 3.30. The third-order valence-electron chi connectivity index (χ3n) is 3.73. The molecule has 0 radical (unpaired) electrons. The van der Waals surface area contributed by atoms with E-state index in [-0.39, 0.29) is 12.1 Å². The van der Waals surface area contributed by atoms with Crippen molar-refractivity contribution < 1.29 is 9.53 Å². The zero-order chi connectivity index (χ0) is 12.4. The molecule has 2 saturated heterocycles. The molecule has 2 atom stereocenters. The van der Waals surface area contributed by atoms with E-state index in [9.17, 15) is 4.79 Å². The summed E-state index contributed by atoms with van der Waals surface area (Å²) in [5, 5.41) is 3.38. The van der Waals surface area contributed by atoms with E-state index in [0.29, 0.717) is 11.6 Å². The molecule has 0 saturated carbocycles. The summed E-state index contributed by atoms with van der Waals surface area (Å²) in [4.78, 5) is 14.4. The van der Waals surface area contributed by atoms with Crippen LogP contribution >= 0.6 is 0 Å². The second-order valence-electron chi connectivity index (χ2n) is 4.98. The lowest BCUT2D eigenvalue weighted by molar-refractivity contribution is 0.0323. The molecule has 1 N–H and O–H groups in total. The van der Waals surface area contributed by atoms with Crippen LogP contribution in [0, 0.1) is 0 Å². The minimum atomic E-state index is -0.201. The van der Waals surface area contributed by atoms with Crippen LogP contribution in [0.15, 0.2) is 30.3 Å². The predicted octanol–water partition coefficient (Wildman–Crippen LogP) is 0.889. The van der Waals surface area contributed by atoms with E-state index in [1.165, 1.54) is 0 Å². The van der Waals surface area contributed by atoms with Crippen LogP contribution < -0.4 is 5.32 Å². The molecule has 0 aromatic heterocycles. The molecule has 2 aliphatic heterocycles. The molecule has 2 aliphatic rings. The van der Waals surface area contributed by atoms with Gasteiger partial charge in [0.15, 0.2) is 0 Å². The molecule has 0 spiro atoms. The van der Waals surface area contributed by atoms with Gasteiger partial charge >= 0.3 is 5.97 Å². The van der Waals surface area contributed by atoms with Gasteiger partial charge in [-0.25, -0.2) is 4.79 Å². The van der Waals surface area contributed by atoms with Gasteiger partial charge < -0.3 is 10.1 Å². The Balaban J connectivity index is 1.59. The molecule has 0 aliphatic carbocycles. The largest absolute Gasteiger partial charge is 0.457 e. The first-order valence-corrected chi connectivity index (χ1v) is 6.54. The number of carbonyl (C=O) groups excluding carboxylic acids is 1. The zero-order valence-electron chi connectivity index (χ0n) is 10.3. The Morgan fingerprint density at radius 2 is 2.17 bits per heavy atom. The van der Waals surface area contributed by atoms with Gasteiger partial charge in [-0.2, -0.15) is 0 Å². The smallest absolute Gasteiger partial charge is 0.338 e. The van der Waals surface area contributed by atoms with Gasteiger partial charge in [0.2, 0.25) is 0 Å². The van der Waals surface area contributed by atoms with Crippen molar-refractivity contribution in [2.75, 3.05) is 26.2 Å². The molecule has 1 aromatic carbocycles. The molecule has 2 heterocycles. The van der Waals surface area contributed by atoms with Crippen LogP contribution in [0.25, 0.3) is 0 Å². The Bertz CT molecular complexity index is 407. The number of nitrogens with zero attached hydrogens (tertiary/aromatic N) is 1. The highest BCUT2D eigenvalue weighted by Crippen LogP contribution is 2.22. The van der Waals surface area contributed by atoms with E-state index < -0.39 is 0 Å². The van der Waals surface area contributed by atoms with Crippen molar-refractivity contribution in [2.24, 2.45) is 0 Å². The lowest BCUT2D eigenvalue weighted by atomic mass is 10.1. The van der Waals surface area contributed by atoms with Gasteiger partial charge in [-0.1, -0.05) is 18.2 Å². The fraction of sp³-hybridized carbons (Fsp3) is 0.500. The lowest BCUT2D eigenvalue weighted by Gasteiger charge is -2.29. The highest BCUT2D eigenvalue weighted by molar-refractivity contribution is 5.89. The summed E-state index contributed by atoms with van der Waals surface area (Å²) in [5.41, 5.74) is 0.639. The number of hydrogen-bond acceptors (Lipinski definition) is 4. The molecular weight excluding hydrogens is 228 g/mol. The van der Waals surface area contributed by atoms with Crippen LogP contribution in [0.1, 0.15) is 16.8 Å².